The van der Waals surface area contributed by atoms with Crippen LogP contribution in [0, 0.1) is 0 Å². The normalized spacial score (nSPS) is 21.0. The summed E-state index contributed by atoms with van der Waals surface area (Å²) in [7, 11) is 2.07. The molecule has 2 aliphatic rings. The summed E-state index contributed by atoms with van der Waals surface area (Å²) in [6.45, 7) is 2.74. The number of hydrogen-bond donors (Lipinski definition) is 2. The number of nitrogens with one attached hydrogen (secondary N) is 2. The lowest BCUT2D eigenvalue weighted by atomic mass is 10.2. The molecule has 0 saturated carbocycles. The second-order valence-corrected chi connectivity index (χ2v) is 7.15. The lowest BCUT2D eigenvalue weighted by Crippen LogP contribution is -2.44. The van der Waals surface area contributed by atoms with Gasteiger partial charge in [0.1, 0.15) is 0 Å². The monoisotopic (exact) mass is 381 g/mol. The van der Waals surface area contributed by atoms with E-state index in [4.69, 9.17) is 4.52 Å². The third kappa shape index (κ3) is 3.82. The third-order valence-corrected chi connectivity index (χ3v) is 5.41. The summed E-state index contributed by atoms with van der Waals surface area (Å²) >= 11 is 1.68. The van der Waals surface area contributed by atoms with Crippen LogP contribution in [0.2, 0.25) is 0 Å². The van der Waals surface area contributed by atoms with E-state index in [0.717, 1.165) is 41.5 Å². The molecule has 3 heterocycles. The number of carbonyl (C=O) groups excluding carboxylic acids is 1. The summed E-state index contributed by atoms with van der Waals surface area (Å²) in [6, 6.07) is 5.99. The van der Waals surface area contributed by atoms with Crippen molar-refractivity contribution in [3.8, 4) is 11.5 Å². The molecule has 1 fully saturated rings. The van der Waals surface area contributed by atoms with E-state index in [1.54, 1.807) is 11.8 Å². The highest BCUT2D eigenvalue weighted by Gasteiger charge is 2.25. The minimum Gasteiger partial charge on any atom is -0.334 e. The first-order chi connectivity index (χ1) is 11.7. The Labute approximate surface area is 156 Å². The Morgan fingerprint density at radius 1 is 1.40 bits per heavy atom. The number of nitrogens with zero attached hydrogens (tertiary/aromatic N) is 3. The first-order valence-electron chi connectivity index (χ1n) is 8.02. The maximum Gasteiger partial charge on any atom is 0.258 e. The van der Waals surface area contributed by atoms with Gasteiger partial charge in [0.15, 0.2) is 5.82 Å². The van der Waals surface area contributed by atoms with Crippen LogP contribution in [0.25, 0.3) is 11.5 Å². The van der Waals surface area contributed by atoms with Crippen molar-refractivity contribution in [2.24, 2.45) is 0 Å². The molecule has 0 bridgehead atoms. The molecule has 2 N–H and O–H groups in total. The van der Waals surface area contributed by atoms with Gasteiger partial charge in [0, 0.05) is 42.3 Å². The van der Waals surface area contributed by atoms with Gasteiger partial charge in [-0.15, -0.1) is 24.2 Å². The van der Waals surface area contributed by atoms with Gasteiger partial charge in [-0.05, 0) is 25.2 Å². The number of amides is 1. The molecule has 0 radical (unpaired) electrons. The highest BCUT2D eigenvalue weighted by Crippen LogP contribution is 2.34. The van der Waals surface area contributed by atoms with E-state index in [0.29, 0.717) is 18.1 Å². The molecule has 7 nitrogen and oxygen atoms in total. The number of benzene rings is 1. The standard InChI is InChI=1S/C16H19N5O2S.ClH/c1-21-6-5-17-9-12(21)15-19-16(23-20-15)10-2-3-13-11(8-10)18-14(22)4-7-24-13;/h2-3,8,12,17H,4-7,9H2,1H3,(H,18,22);1H. The number of carbonyl (C=O) groups is 1. The number of halogens is 1. The predicted octanol–water partition coefficient (Wildman–Crippen LogP) is 2.17. The number of thioether (sulfide) groups is 1. The molecule has 4 rings (SSSR count). The molecule has 1 aromatic heterocycles. The first kappa shape index (κ1) is 18.2. The van der Waals surface area contributed by atoms with Crippen LogP contribution in [0.15, 0.2) is 27.6 Å². The van der Waals surface area contributed by atoms with Gasteiger partial charge in [-0.1, -0.05) is 5.16 Å². The molecule has 1 saturated heterocycles. The zero-order valence-corrected chi connectivity index (χ0v) is 15.5. The molecule has 1 unspecified atom stereocenters. The van der Waals surface area contributed by atoms with E-state index in [-0.39, 0.29) is 24.4 Å². The summed E-state index contributed by atoms with van der Waals surface area (Å²) in [5.74, 6) is 2.01. The third-order valence-electron chi connectivity index (χ3n) is 4.34. The van der Waals surface area contributed by atoms with Gasteiger partial charge in [0.25, 0.3) is 5.89 Å². The van der Waals surface area contributed by atoms with Crippen molar-refractivity contribution in [2.75, 3.05) is 37.8 Å². The highest BCUT2D eigenvalue weighted by atomic mass is 35.5. The largest absolute Gasteiger partial charge is 0.334 e. The van der Waals surface area contributed by atoms with E-state index in [1.165, 1.54) is 0 Å². The molecular formula is C16H20ClN5O2S. The Hall–Kier alpha value is -1.61. The SMILES string of the molecule is CN1CCNCC1c1noc(-c2ccc3c(c2)NC(=O)CCS3)n1.Cl. The average Bonchev–Trinajstić information content (AvgIpc) is 2.98. The van der Waals surface area contributed by atoms with Crippen LogP contribution >= 0.6 is 24.2 Å². The number of fused-ring (bicyclic) bond motifs is 1. The van der Waals surface area contributed by atoms with Gasteiger partial charge in [0.2, 0.25) is 5.91 Å². The Morgan fingerprint density at radius 2 is 2.28 bits per heavy atom. The minimum atomic E-state index is 0. The van der Waals surface area contributed by atoms with E-state index >= 15 is 0 Å². The second kappa shape index (κ2) is 7.74. The fraction of sp³-hybridized carbons (Fsp3) is 0.438. The summed E-state index contributed by atoms with van der Waals surface area (Å²) < 4.78 is 5.47. The average molecular weight is 382 g/mol. The number of hydrogen-bond acceptors (Lipinski definition) is 7. The lowest BCUT2D eigenvalue weighted by Gasteiger charge is -2.30. The van der Waals surface area contributed by atoms with E-state index in [9.17, 15) is 4.79 Å². The number of anilines is 1. The van der Waals surface area contributed by atoms with E-state index < -0.39 is 0 Å². The van der Waals surface area contributed by atoms with Crippen molar-refractivity contribution in [1.29, 1.82) is 0 Å². The summed E-state index contributed by atoms with van der Waals surface area (Å²) in [5.41, 5.74) is 1.64. The van der Waals surface area contributed by atoms with Gasteiger partial charge in [-0.3, -0.25) is 9.69 Å². The van der Waals surface area contributed by atoms with Gasteiger partial charge in [-0.2, -0.15) is 4.98 Å². The van der Waals surface area contributed by atoms with Crippen LogP contribution in [0.3, 0.4) is 0 Å². The molecule has 0 spiro atoms. The van der Waals surface area contributed by atoms with Crippen molar-refractivity contribution in [3.63, 3.8) is 0 Å². The zero-order chi connectivity index (χ0) is 16.5. The molecule has 2 aromatic rings. The topological polar surface area (TPSA) is 83.3 Å². The van der Waals surface area contributed by atoms with Crippen LogP contribution < -0.4 is 10.6 Å². The van der Waals surface area contributed by atoms with Crippen LogP contribution in [0.1, 0.15) is 18.3 Å². The van der Waals surface area contributed by atoms with Gasteiger partial charge in [-0.25, -0.2) is 0 Å². The highest BCUT2D eigenvalue weighted by molar-refractivity contribution is 7.99. The zero-order valence-electron chi connectivity index (χ0n) is 13.8. The smallest absolute Gasteiger partial charge is 0.258 e. The van der Waals surface area contributed by atoms with E-state index in [2.05, 4.69) is 32.7 Å². The summed E-state index contributed by atoms with van der Waals surface area (Å²) in [6.07, 6.45) is 0.528. The van der Waals surface area contributed by atoms with Crippen molar-refractivity contribution in [1.82, 2.24) is 20.4 Å². The Bertz CT molecular complexity index is 769. The van der Waals surface area contributed by atoms with Crippen LogP contribution in [0.4, 0.5) is 5.69 Å². The van der Waals surface area contributed by atoms with Crippen LogP contribution in [0.5, 0.6) is 0 Å². The van der Waals surface area contributed by atoms with E-state index in [1.807, 2.05) is 18.2 Å². The van der Waals surface area contributed by atoms with Crippen LogP contribution in [-0.2, 0) is 4.79 Å². The molecule has 1 aromatic carbocycles. The minimum absolute atomic E-state index is 0. The quantitative estimate of drug-likeness (QED) is 0.824. The maximum absolute atomic E-state index is 11.8. The molecule has 1 amide bonds. The fourth-order valence-electron chi connectivity index (χ4n) is 2.93. The van der Waals surface area contributed by atoms with Gasteiger partial charge < -0.3 is 15.2 Å². The Kier molecular flexibility index (Phi) is 5.63. The molecule has 134 valence electrons. The molecule has 2 aliphatic heterocycles. The summed E-state index contributed by atoms with van der Waals surface area (Å²) in [4.78, 5) is 19.6. The van der Waals surface area contributed by atoms with Crippen molar-refractivity contribution >= 4 is 35.8 Å². The summed E-state index contributed by atoms with van der Waals surface area (Å²) in [5, 5.41) is 10.4. The van der Waals surface area contributed by atoms with Crippen molar-refractivity contribution in [2.45, 2.75) is 17.4 Å². The molecule has 25 heavy (non-hydrogen) atoms. The number of aromatic nitrogens is 2. The first-order valence-corrected chi connectivity index (χ1v) is 9.01. The van der Waals surface area contributed by atoms with Gasteiger partial charge in [0.05, 0.1) is 11.7 Å². The molecule has 0 aliphatic carbocycles. The molecular weight excluding hydrogens is 362 g/mol. The number of rotatable bonds is 2. The maximum atomic E-state index is 11.8. The predicted molar refractivity (Wildman–Crippen MR) is 99.2 cm³/mol. The number of likely N-dealkylation sites (N-methyl/N-ethyl adjacent to an activating group) is 1. The fourth-order valence-corrected chi connectivity index (χ4v) is 3.87. The van der Waals surface area contributed by atoms with Crippen LogP contribution in [-0.4, -0.2) is 53.4 Å². The van der Waals surface area contributed by atoms with Gasteiger partial charge >= 0.3 is 0 Å². The number of piperazine rings is 1. The Balaban J connectivity index is 0.00000182. The molecule has 1 atom stereocenters. The van der Waals surface area contributed by atoms with Crippen molar-refractivity contribution < 1.29 is 9.32 Å². The lowest BCUT2D eigenvalue weighted by molar-refractivity contribution is -0.115. The molecule has 9 heteroatoms. The second-order valence-electron chi connectivity index (χ2n) is 6.02. The van der Waals surface area contributed by atoms with Crippen molar-refractivity contribution in [3.05, 3.63) is 24.0 Å². The Morgan fingerprint density at radius 3 is 3.12 bits per heavy atom.